The smallest absolute Gasteiger partial charge is 0.246 e. The van der Waals surface area contributed by atoms with Gasteiger partial charge in [-0.3, -0.25) is 0 Å². The second-order valence-electron chi connectivity index (χ2n) is 7.22. The molecule has 2 fully saturated rings. The predicted octanol–water partition coefficient (Wildman–Crippen LogP) is 0.841. The number of methoxy groups -OCH3 is 2. The summed E-state index contributed by atoms with van der Waals surface area (Å²) >= 11 is 0. The SMILES string of the molecule is COc1ccc(S(=O)(=O)N2CCN(c3ccnc(N4CCOCC4)n3)CC2)c(OC)c1. The van der Waals surface area contributed by atoms with Crippen molar-refractivity contribution in [1.82, 2.24) is 14.3 Å². The Morgan fingerprint density at radius 2 is 1.68 bits per heavy atom. The lowest BCUT2D eigenvalue weighted by molar-refractivity contribution is 0.122. The molecule has 0 bridgehead atoms. The van der Waals surface area contributed by atoms with E-state index in [1.54, 1.807) is 18.3 Å². The summed E-state index contributed by atoms with van der Waals surface area (Å²) in [7, 11) is -0.711. The van der Waals surface area contributed by atoms with Gasteiger partial charge in [-0.15, -0.1) is 0 Å². The molecule has 168 valence electrons. The predicted molar refractivity (Wildman–Crippen MR) is 116 cm³/mol. The molecule has 0 spiro atoms. The molecule has 0 amide bonds. The maximum atomic E-state index is 13.2. The number of hydrogen-bond acceptors (Lipinski definition) is 9. The maximum absolute atomic E-state index is 13.2. The van der Waals surface area contributed by atoms with Crippen LogP contribution < -0.4 is 19.3 Å². The van der Waals surface area contributed by atoms with Gasteiger partial charge < -0.3 is 24.0 Å². The highest BCUT2D eigenvalue weighted by Gasteiger charge is 2.31. The number of anilines is 2. The van der Waals surface area contributed by atoms with Gasteiger partial charge in [-0.05, 0) is 18.2 Å². The van der Waals surface area contributed by atoms with Crippen molar-refractivity contribution in [3.63, 3.8) is 0 Å². The van der Waals surface area contributed by atoms with E-state index in [9.17, 15) is 8.42 Å². The van der Waals surface area contributed by atoms with Crippen molar-refractivity contribution in [3.8, 4) is 11.5 Å². The van der Waals surface area contributed by atoms with Crippen LogP contribution in [-0.2, 0) is 14.8 Å². The van der Waals surface area contributed by atoms with Gasteiger partial charge in [0, 0.05) is 51.5 Å². The average molecular weight is 450 g/mol. The maximum Gasteiger partial charge on any atom is 0.246 e. The quantitative estimate of drug-likeness (QED) is 0.635. The molecule has 31 heavy (non-hydrogen) atoms. The highest BCUT2D eigenvalue weighted by atomic mass is 32.2. The summed E-state index contributed by atoms with van der Waals surface area (Å²) in [4.78, 5) is 13.4. The van der Waals surface area contributed by atoms with Crippen molar-refractivity contribution in [2.45, 2.75) is 4.90 Å². The molecule has 0 aliphatic carbocycles. The van der Waals surface area contributed by atoms with Crippen molar-refractivity contribution < 1.29 is 22.6 Å². The first kappa shape index (κ1) is 21.6. The molecule has 2 aliphatic heterocycles. The number of rotatable bonds is 6. The van der Waals surface area contributed by atoms with Crippen LogP contribution >= 0.6 is 0 Å². The van der Waals surface area contributed by atoms with E-state index in [2.05, 4.69) is 14.8 Å². The molecule has 1 aromatic carbocycles. The van der Waals surface area contributed by atoms with E-state index in [-0.39, 0.29) is 10.6 Å². The molecule has 4 rings (SSSR count). The van der Waals surface area contributed by atoms with Gasteiger partial charge in [0.05, 0.1) is 27.4 Å². The first-order valence-corrected chi connectivity index (χ1v) is 11.6. The summed E-state index contributed by atoms with van der Waals surface area (Å²) in [6.07, 6.45) is 1.75. The Morgan fingerprint density at radius 1 is 0.935 bits per heavy atom. The van der Waals surface area contributed by atoms with Crippen LogP contribution in [-0.4, -0.2) is 89.4 Å². The van der Waals surface area contributed by atoms with Crippen molar-refractivity contribution in [2.75, 3.05) is 76.5 Å². The molecule has 3 heterocycles. The lowest BCUT2D eigenvalue weighted by atomic mass is 10.3. The Morgan fingerprint density at radius 3 is 2.35 bits per heavy atom. The number of benzene rings is 1. The van der Waals surface area contributed by atoms with Crippen LogP contribution in [0.5, 0.6) is 11.5 Å². The van der Waals surface area contributed by atoms with Crippen molar-refractivity contribution in [2.24, 2.45) is 0 Å². The minimum Gasteiger partial charge on any atom is -0.497 e. The summed E-state index contributed by atoms with van der Waals surface area (Å²) in [5.74, 6) is 2.29. The highest BCUT2D eigenvalue weighted by molar-refractivity contribution is 7.89. The summed E-state index contributed by atoms with van der Waals surface area (Å²) in [5, 5.41) is 0. The average Bonchev–Trinajstić information content (AvgIpc) is 2.84. The lowest BCUT2D eigenvalue weighted by Gasteiger charge is -2.35. The molecular weight excluding hydrogens is 422 g/mol. The summed E-state index contributed by atoms with van der Waals surface area (Å²) in [5.41, 5.74) is 0. The largest absolute Gasteiger partial charge is 0.497 e. The highest BCUT2D eigenvalue weighted by Crippen LogP contribution is 2.31. The molecule has 0 saturated carbocycles. The van der Waals surface area contributed by atoms with E-state index < -0.39 is 10.0 Å². The van der Waals surface area contributed by atoms with Crippen LogP contribution in [0.3, 0.4) is 0 Å². The Balaban J connectivity index is 1.46. The van der Waals surface area contributed by atoms with E-state index in [0.29, 0.717) is 51.1 Å². The second kappa shape index (κ2) is 9.25. The molecule has 2 aromatic rings. The first-order chi connectivity index (χ1) is 15.0. The Kier molecular flexibility index (Phi) is 6.44. The van der Waals surface area contributed by atoms with Crippen LogP contribution in [0, 0.1) is 0 Å². The van der Waals surface area contributed by atoms with Gasteiger partial charge in [-0.2, -0.15) is 9.29 Å². The Hall–Kier alpha value is -2.63. The fourth-order valence-electron chi connectivity index (χ4n) is 3.72. The lowest BCUT2D eigenvalue weighted by Crippen LogP contribution is -2.49. The van der Waals surface area contributed by atoms with E-state index >= 15 is 0 Å². The number of nitrogens with zero attached hydrogens (tertiary/aromatic N) is 5. The van der Waals surface area contributed by atoms with Crippen LogP contribution in [0.15, 0.2) is 35.4 Å². The zero-order chi connectivity index (χ0) is 21.8. The standard InChI is InChI=1S/C20H27N5O5S/c1-28-16-3-4-18(17(15-16)29-2)31(26,27)25-9-7-23(8-10-25)19-5-6-21-20(22-19)24-11-13-30-14-12-24/h3-6,15H,7-14H2,1-2H3. The van der Waals surface area contributed by atoms with Crippen LogP contribution in [0.4, 0.5) is 11.8 Å². The van der Waals surface area contributed by atoms with Gasteiger partial charge in [-0.1, -0.05) is 0 Å². The van der Waals surface area contributed by atoms with E-state index in [1.165, 1.54) is 24.6 Å². The third kappa shape index (κ3) is 4.53. The molecule has 11 heteroatoms. The number of hydrogen-bond donors (Lipinski definition) is 0. The number of morpholine rings is 1. The van der Waals surface area contributed by atoms with E-state index in [1.807, 2.05) is 6.07 Å². The second-order valence-corrected chi connectivity index (χ2v) is 9.13. The van der Waals surface area contributed by atoms with Crippen molar-refractivity contribution in [3.05, 3.63) is 30.5 Å². The number of sulfonamides is 1. The Labute approximate surface area is 182 Å². The molecule has 2 aliphatic rings. The number of piperazine rings is 1. The molecule has 10 nitrogen and oxygen atoms in total. The molecule has 0 N–H and O–H groups in total. The number of ether oxygens (including phenoxy) is 3. The van der Waals surface area contributed by atoms with Gasteiger partial charge in [0.15, 0.2) is 0 Å². The van der Waals surface area contributed by atoms with Crippen LogP contribution in [0.25, 0.3) is 0 Å². The third-order valence-corrected chi connectivity index (χ3v) is 7.41. The molecular formula is C20H27N5O5S. The summed E-state index contributed by atoms with van der Waals surface area (Å²) < 4.78 is 43.8. The van der Waals surface area contributed by atoms with Gasteiger partial charge >= 0.3 is 0 Å². The molecule has 0 atom stereocenters. The monoisotopic (exact) mass is 449 g/mol. The zero-order valence-corrected chi connectivity index (χ0v) is 18.5. The fourth-order valence-corrected chi connectivity index (χ4v) is 5.27. The minimum atomic E-state index is -3.69. The van der Waals surface area contributed by atoms with Crippen molar-refractivity contribution >= 4 is 21.8 Å². The zero-order valence-electron chi connectivity index (χ0n) is 17.7. The third-order valence-electron chi connectivity index (χ3n) is 5.47. The van der Waals surface area contributed by atoms with Crippen LogP contribution in [0.1, 0.15) is 0 Å². The summed E-state index contributed by atoms with van der Waals surface area (Å²) in [6, 6.07) is 6.59. The van der Waals surface area contributed by atoms with Gasteiger partial charge in [0.2, 0.25) is 16.0 Å². The van der Waals surface area contributed by atoms with Gasteiger partial charge in [0.25, 0.3) is 0 Å². The minimum absolute atomic E-state index is 0.140. The summed E-state index contributed by atoms with van der Waals surface area (Å²) in [6.45, 7) is 4.65. The topological polar surface area (TPSA) is 97.3 Å². The molecule has 0 radical (unpaired) electrons. The molecule has 2 saturated heterocycles. The number of aromatic nitrogens is 2. The molecule has 0 unspecified atom stereocenters. The van der Waals surface area contributed by atoms with Crippen molar-refractivity contribution in [1.29, 1.82) is 0 Å². The van der Waals surface area contributed by atoms with Gasteiger partial charge in [-0.25, -0.2) is 13.4 Å². The normalized spacial score (nSPS) is 18.1. The van der Waals surface area contributed by atoms with E-state index in [4.69, 9.17) is 19.2 Å². The van der Waals surface area contributed by atoms with E-state index in [0.717, 1.165) is 18.9 Å². The first-order valence-electron chi connectivity index (χ1n) is 10.2. The van der Waals surface area contributed by atoms with Crippen LogP contribution in [0.2, 0.25) is 0 Å². The fraction of sp³-hybridized carbons (Fsp3) is 0.500. The molecule has 1 aromatic heterocycles. The Bertz CT molecular complexity index is 1000. The van der Waals surface area contributed by atoms with Gasteiger partial charge in [0.1, 0.15) is 22.2 Å².